The van der Waals surface area contributed by atoms with Gasteiger partial charge >= 0.3 is 0 Å². The number of piperidine rings is 1. The number of thiazole rings is 1. The highest BCUT2D eigenvalue weighted by Crippen LogP contribution is 2.31. The summed E-state index contributed by atoms with van der Waals surface area (Å²) in [5.41, 5.74) is 1.87. The number of amides is 1. The summed E-state index contributed by atoms with van der Waals surface area (Å²) in [6.45, 7) is 2.60. The molecule has 1 aliphatic rings. The minimum atomic E-state index is -0.421. The monoisotopic (exact) mass is 510 g/mol. The zero-order valence-corrected chi connectivity index (χ0v) is 20.1. The Hall–Kier alpha value is -1.91. The van der Waals surface area contributed by atoms with Crippen molar-refractivity contribution in [3.05, 3.63) is 62.1 Å². The summed E-state index contributed by atoms with van der Waals surface area (Å²) in [5, 5.41) is 15.1. The number of carbonyl (C=O) groups excluding carboxylic acids is 1. The molecule has 1 amide bonds. The highest BCUT2D eigenvalue weighted by atomic mass is 35.5. The van der Waals surface area contributed by atoms with Gasteiger partial charge in [0.15, 0.2) is 4.34 Å². The number of aromatic nitrogens is 1. The molecule has 1 saturated heterocycles. The van der Waals surface area contributed by atoms with Crippen LogP contribution in [0.25, 0.3) is 10.2 Å². The first-order valence-corrected chi connectivity index (χ1v) is 12.6. The molecule has 1 aromatic heterocycles. The van der Waals surface area contributed by atoms with Crippen molar-refractivity contribution < 1.29 is 9.72 Å². The summed E-state index contributed by atoms with van der Waals surface area (Å²) in [6, 6.07) is 10.5. The van der Waals surface area contributed by atoms with Gasteiger partial charge in [0.05, 0.1) is 30.9 Å². The maximum atomic E-state index is 12.4. The van der Waals surface area contributed by atoms with Gasteiger partial charge < -0.3 is 5.32 Å². The van der Waals surface area contributed by atoms with E-state index in [0.717, 1.165) is 47.1 Å². The van der Waals surface area contributed by atoms with Crippen LogP contribution in [-0.4, -0.2) is 45.6 Å². The summed E-state index contributed by atoms with van der Waals surface area (Å²) in [7, 11) is 0. The van der Waals surface area contributed by atoms with Crippen molar-refractivity contribution in [2.45, 2.75) is 29.8 Å². The lowest BCUT2D eigenvalue weighted by molar-refractivity contribution is -0.384. The van der Waals surface area contributed by atoms with Crippen molar-refractivity contribution >= 4 is 68.1 Å². The molecule has 0 atom stereocenters. The van der Waals surface area contributed by atoms with Crippen LogP contribution in [0.5, 0.6) is 0 Å². The minimum Gasteiger partial charge on any atom is -0.353 e. The van der Waals surface area contributed by atoms with Gasteiger partial charge in [0.25, 0.3) is 5.69 Å². The first-order valence-electron chi connectivity index (χ1n) is 10.0. The molecule has 0 spiro atoms. The van der Waals surface area contributed by atoms with E-state index < -0.39 is 4.92 Å². The van der Waals surface area contributed by atoms with Crippen LogP contribution in [0.3, 0.4) is 0 Å². The second-order valence-electron chi connectivity index (χ2n) is 7.54. The fourth-order valence-electron chi connectivity index (χ4n) is 3.60. The van der Waals surface area contributed by atoms with Gasteiger partial charge in [-0.1, -0.05) is 41.0 Å². The Bertz CT molecular complexity index is 1150. The molecule has 1 N–H and O–H groups in total. The van der Waals surface area contributed by atoms with Crippen molar-refractivity contribution in [2.24, 2.45) is 0 Å². The van der Waals surface area contributed by atoms with E-state index in [9.17, 15) is 14.9 Å². The molecule has 32 heavy (non-hydrogen) atoms. The maximum absolute atomic E-state index is 12.4. The molecule has 4 rings (SSSR count). The Kier molecular flexibility index (Phi) is 7.52. The van der Waals surface area contributed by atoms with Crippen molar-refractivity contribution in [2.75, 3.05) is 18.8 Å². The number of benzene rings is 2. The molecule has 2 aromatic carbocycles. The molecular weight excluding hydrogens is 491 g/mol. The number of hydrogen-bond donors (Lipinski definition) is 1. The second kappa shape index (κ2) is 10.4. The molecule has 2 heterocycles. The maximum Gasteiger partial charge on any atom is 0.270 e. The van der Waals surface area contributed by atoms with Crippen LogP contribution in [-0.2, 0) is 11.3 Å². The van der Waals surface area contributed by atoms with Gasteiger partial charge in [-0.05, 0) is 36.6 Å². The van der Waals surface area contributed by atoms with Crippen molar-refractivity contribution in [3.8, 4) is 0 Å². The fraction of sp³-hybridized carbons (Fsp3) is 0.333. The number of rotatable bonds is 7. The number of nitrogens with one attached hydrogen (secondary N) is 1. The molecule has 1 aliphatic heterocycles. The van der Waals surface area contributed by atoms with E-state index in [1.807, 2.05) is 18.2 Å². The standard InChI is InChI=1S/C21H20Cl2N4O3S2/c22-16-3-1-13(9-17(16)23)11-26-7-5-14(6-8-26)24-20(28)12-31-21-25-18-4-2-15(27(29)30)10-19(18)32-21/h1-4,9-10,14H,5-8,11-12H2,(H,24,28). The molecule has 0 unspecified atom stereocenters. The number of nitro benzene ring substituents is 1. The van der Waals surface area contributed by atoms with Gasteiger partial charge in [-0.2, -0.15) is 0 Å². The van der Waals surface area contributed by atoms with Crippen molar-refractivity contribution in [1.29, 1.82) is 0 Å². The van der Waals surface area contributed by atoms with Gasteiger partial charge in [-0.15, -0.1) is 11.3 Å². The molecule has 0 saturated carbocycles. The van der Waals surface area contributed by atoms with E-state index >= 15 is 0 Å². The predicted molar refractivity (Wildman–Crippen MR) is 130 cm³/mol. The van der Waals surface area contributed by atoms with Crippen LogP contribution >= 0.6 is 46.3 Å². The highest BCUT2D eigenvalue weighted by molar-refractivity contribution is 8.01. The molecule has 0 radical (unpaired) electrons. The third-order valence-electron chi connectivity index (χ3n) is 5.23. The number of nitrogens with zero attached hydrogens (tertiary/aromatic N) is 3. The van der Waals surface area contributed by atoms with Crippen molar-refractivity contribution in [3.63, 3.8) is 0 Å². The Labute approximate surface area is 203 Å². The Balaban J connectivity index is 1.22. The number of hydrogen-bond acceptors (Lipinski definition) is 7. The lowest BCUT2D eigenvalue weighted by Gasteiger charge is -2.32. The van der Waals surface area contributed by atoms with Crippen LogP contribution in [0.15, 0.2) is 40.7 Å². The first kappa shape index (κ1) is 23.3. The minimum absolute atomic E-state index is 0.0248. The smallest absolute Gasteiger partial charge is 0.270 e. The number of likely N-dealkylation sites (tertiary alicyclic amines) is 1. The molecule has 11 heteroatoms. The van der Waals surface area contributed by atoms with Crippen LogP contribution in [0, 0.1) is 10.1 Å². The predicted octanol–water partition coefficient (Wildman–Crippen LogP) is 5.38. The zero-order valence-electron chi connectivity index (χ0n) is 16.9. The molecule has 1 fully saturated rings. The number of halogens is 2. The van der Waals surface area contributed by atoms with E-state index in [1.165, 1.54) is 35.2 Å². The largest absolute Gasteiger partial charge is 0.353 e. The van der Waals surface area contributed by atoms with E-state index in [1.54, 1.807) is 6.07 Å². The zero-order chi connectivity index (χ0) is 22.7. The van der Waals surface area contributed by atoms with Gasteiger partial charge in [0.1, 0.15) is 0 Å². The fourth-order valence-corrected chi connectivity index (χ4v) is 5.83. The Morgan fingerprint density at radius 1 is 1.22 bits per heavy atom. The number of carbonyl (C=O) groups is 1. The number of nitro groups is 1. The third kappa shape index (κ3) is 5.90. The van der Waals surface area contributed by atoms with Crippen molar-refractivity contribution in [1.82, 2.24) is 15.2 Å². The number of thioether (sulfide) groups is 1. The average molecular weight is 511 g/mol. The molecule has 0 bridgehead atoms. The summed E-state index contributed by atoms with van der Waals surface area (Å²) >= 11 is 14.8. The normalized spacial score (nSPS) is 15.2. The molecule has 3 aromatic rings. The van der Waals surface area contributed by atoms with Gasteiger partial charge in [0, 0.05) is 37.8 Å². The van der Waals surface area contributed by atoms with Crippen LogP contribution in [0.2, 0.25) is 10.0 Å². The topological polar surface area (TPSA) is 88.4 Å². The van der Waals surface area contributed by atoms with E-state index in [4.69, 9.17) is 23.2 Å². The third-order valence-corrected chi connectivity index (χ3v) is 8.13. The lowest BCUT2D eigenvalue weighted by atomic mass is 10.0. The summed E-state index contributed by atoms with van der Waals surface area (Å²) in [5.74, 6) is 0.244. The Morgan fingerprint density at radius 3 is 2.72 bits per heavy atom. The summed E-state index contributed by atoms with van der Waals surface area (Å²) in [4.78, 5) is 29.7. The molecule has 7 nitrogen and oxygen atoms in total. The molecule has 168 valence electrons. The Morgan fingerprint density at radius 2 is 2.00 bits per heavy atom. The van der Waals surface area contributed by atoms with E-state index in [-0.39, 0.29) is 23.4 Å². The van der Waals surface area contributed by atoms with Crippen LogP contribution in [0.1, 0.15) is 18.4 Å². The quantitative estimate of drug-likeness (QED) is 0.260. The molecule has 0 aliphatic carbocycles. The van der Waals surface area contributed by atoms with Crippen LogP contribution in [0.4, 0.5) is 5.69 Å². The van der Waals surface area contributed by atoms with E-state index in [2.05, 4.69) is 15.2 Å². The van der Waals surface area contributed by atoms with Gasteiger partial charge in [-0.3, -0.25) is 19.8 Å². The lowest BCUT2D eigenvalue weighted by Crippen LogP contribution is -2.44. The molecular formula is C21H20Cl2N4O3S2. The average Bonchev–Trinajstić information content (AvgIpc) is 3.18. The van der Waals surface area contributed by atoms with Crippen LogP contribution < -0.4 is 5.32 Å². The summed E-state index contributed by atoms with van der Waals surface area (Å²) in [6.07, 6.45) is 1.78. The van der Waals surface area contributed by atoms with Gasteiger partial charge in [-0.25, -0.2) is 4.98 Å². The SMILES string of the molecule is O=C(CSc1nc2ccc([N+](=O)[O-])cc2s1)NC1CCN(Cc2ccc(Cl)c(Cl)c2)CC1. The highest BCUT2D eigenvalue weighted by Gasteiger charge is 2.21. The van der Waals surface area contributed by atoms with E-state index in [0.29, 0.717) is 15.6 Å². The summed E-state index contributed by atoms with van der Waals surface area (Å²) < 4.78 is 1.48. The van der Waals surface area contributed by atoms with Gasteiger partial charge in [0.2, 0.25) is 5.91 Å². The number of non-ortho nitro benzene ring substituents is 1. The second-order valence-corrected chi connectivity index (χ2v) is 10.6. The first-order chi connectivity index (χ1) is 15.4. The number of fused-ring (bicyclic) bond motifs is 1.